The van der Waals surface area contributed by atoms with Crippen LogP contribution in [-0.4, -0.2) is 24.4 Å². The standard InChI is InChI=1S/C13H17N3O2/c1-8-4-5-9(7-10(8)14)12(17)16-11-3-2-6-15-13(11)18/h4-5,7,11H,2-3,6,14H2,1H3,(H,15,18)(H,16,17). The monoisotopic (exact) mass is 247 g/mol. The first kappa shape index (κ1) is 12.4. The molecule has 0 saturated carbocycles. The molecule has 96 valence electrons. The van der Waals surface area contributed by atoms with E-state index in [0.29, 0.717) is 24.2 Å². The van der Waals surface area contributed by atoms with Gasteiger partial charge in [-0.15, -0.1) is 0 Å². The first-order chi connectivity index (χ1) is 8.58. The van der Waals surface area contributed by atoms with E-state index >= 15 is 0 Å². The lowest BCUT2D eigenvalue weighted by molar-refractivity contribution is -0.124. The second kappa shape index (κ2) is 5.08. The van der Waals surface area contributed by atoms with Gasteiger partial charge in [-0.05, 0) is 37.5 Å². The van der Waals surface area contributed by atoms with Crippen LogP contribution >= 0.6 is 0 Å². The number of amides is 2. The molecule has 0 aromatic heterocycles. The minimum Gasteiger partial charge on any atom is -0.398 e. The molecule has 2 amide bonds. The summed E-state index contributed by atoms with van der Waals surface area (Å²) in [5.41, 5.74) is 7.75. The van der Waals surface area contributed by atoms with Crippen molar-refractivity contribution in [2.24, 2.45) is 0 Å². The molecule has 4 N–H and O–H groups in total. The maximum Gasteiger partial charge on any atom is 0.252 e. The number of hydrogen-bond acceptors (Lipinski definition) is 3. The van der Waals surface area contributed by atoms with Gasteiger partial charge < -0.3 is 16.4 Å². The van der Waals surface area contributed by atoms with Crippen molar-refractivity contribution in [1.29, 1.82) is 0 Å². The third-order valence-electron chi connectivity index (χ3n) is 3.13. The molecule has 1 heterocycles. The summed E-state index contributed by atoms with van der Waals surface area (Å²) in [6.07, 6.45) is 1.56. The number of piperidine rings is 1. The lowest BCUT2D eigenvalue weighted by Crippen LogP contribution is -2.50. The highest BCUT2D eigenvalue weighted by Crippen LogP contribution is 2.13. The fourth-order valence-corrected chi connectivity index (χ4v) is 1.93. The largest absolute Gasteiger partial charge is 0.398 e. The molecule has 1 saturated heterocycles. The molecule has 1 aliphatic rings. The van der Waals surface area contributed by atoms with Gasteiger partial charge in [0.1, 0.15) is 6.04 Å². The summed E-state index contributed by atoms with van der Waals surface area (Å²) in [5.74, 6) is -0.376. The number of nitrogen functional groups attached to an aromatic ring is 1. The summed E-state index contributed by atoms with van der Waals surface area (Å²) in [6.45, 7) is 2.56. The van der Waals surface area contributed by atoms with Crippen LogP contribution in [0.4, 0.5) is 5.69 Å². The van der Waals surface area contributed by atoms with E-state index in [0.717, 1.165) is 12.0 Å². The number of rotatable bonds is 2. The molecule has 0 aliphatic carbocycles. The van der Waals surface area contributed by atoms with E-state index in [2.05, 4.69) is 10.6 Å². The molecule has 0 spiro atoms. The number of anilines is 1. The minimum atomic E-state index is -0.436. The van der Waals surface area contributed by atoms with Gasteiger partial charge in [-0.3, -0.25) is 9.59 Å². The Kier molecular flexibility index (Phi) is 3.50. The Balaban J connectivity index is 2.07. The second-order valence-electron chi connectivity index (χ2n) is 4.53. The number of carbonyl (C=O) groups is 2. The zero-order chi connectivity index (χ0) is 13.1. The van der Waals surface area contributed by atoms with Crippen LogP contribution in [0.5, 0.6) is 0 Å². The maximum absolute atomic E-state index is 12.0. The van der Waals surface area contributed by atoms with Crippen molar-refractivity contribution in [3.63, 3.8) is 0 Å². The molecule has 1 aliphatic heterocycles. The van der Waals surface area contributed by atoms with E-state index in [-0.39, 0.29) is 11.8 Å². The van der Waals surface area contributed by atoms with Crippen LogP contribution in [-0.2, 0) is 4.79 Å². The van der Waals surface area contributed by atoms with Crippen LogP contribution in [0.25, 0.3) is 0 Å². The van der Waals surface area contributed by atoms with Gasteiger partial charge in [-0.2, -0.15) is 0 Å². The first-order valence-corrected chi connectivity index (χ1v) is 6.02. The third kappa shape index (κ3) is 2.61. The van der Waals surface area contributed by atoms with E-state index in [1.165, 1.54) is 0 Å². The van der Waals surface area contributed by atoms with Crippen molar-refractivity contribution in [2.45, 2.75) is 25.8 Å². The Morgan fingerprint density at radius 2 is 2.28 bits per heavy atom. The quantitative estimate of drug-likeness (QED) is 0.669. The molecule has 1 aromatic rings. The Morgan fingerprint density at radius 3 is 2.94 bits per heavy atom. The van der Waals surface area contributed by atoms with Crippen LogP contribution in [0.2, 0.25) is 0 Å². The van der Waals surface area contributed by atoms with Gasteiger partial charge in [0.25, 0.3) is 5.91 Å². The fourth-order valence-electron chi connectivity index (χ4n) is 1.93. The molecule has 5 nitrogen and oxygen atoms in total. The highest BCUT2D eigenvalue weighted by molar-refractivity contribution is 5.98. The van der Waals surface area contributed by atoms with E-state index in [4.69, 9.17) is 5.73 Å². The fraction of sp³-hybridized carbons (Fsp3) is 0.385. The smallest absolute Gasteiger partial charge is 0.252 e. The summed E-state index contributed by atoms with van der Waals surface area (Å²) in [5, 5.41) is 5.46. The molecule has 2 rings (SSSR count). The van der Waals surface area contributed by atoms with Crippen molar-refractivity contribution in [1.82, 2.24) is 10.6 Å². The number of aryl methyl sites for hydroxylation is 1. The van der Waals surface area contributed by atoms with Crippen LogP contribution in [0, 0.1) is 6.92 Å². The van der Waals surface area contributed by atoms with Crippen LogP contribution < -0.4 is 16.4 Å². The molecule has 1 unspecified atom stereocenters. The Labute approximate surface area is 106 Å². The van der Waals surface area contributed by atoms with Gasteiger partial charge in [-0.1, -0.05) is 6.07 Å². The van der Waals surface area contributed by atoms with E-state index in [1.807, 2.05) is 6.92 Å². The van der Waals surface area contributed by atoms with Gasteiger partial charge in [0, 0.05) is 17.8 Å². The Morgan fingerprint density at radius 1 is 1.50 bits per heavy atom. The molecular weight excluding hydrogens is 230 g/mol. The number of nitrogens with one attached hydrogen (secondary N) is 2. The van der Waals surface area contributed by atoms with Gasteiger partial charge >= 0.3 is 0 Å². The minimum absolute atomic E-state index is 0.116. The van der Waals surface area contributed by atoms with Crippen molar-refractivity contribution >= 4 is 17.5 Å². The van der Waals surface area contributed by atoms with Crippen LogP contribution in [0.1, 0.15) is 28.8 Å². The summed E-state index contributed by atoms with van der Waals surface area (Å²) >= 11 is 0. The lowest BCUT2D eigenvalue weighted by atomic mass is 10.1. The van der Waals surface area contributed by atoms with Gasteiger partial charge in [0.05, 0.1) is 0 Å². The van der Waals surface area contributed by atoms with Gasteiger partial charge in [-0.25, -0.2) is 0 Å². The summed E-state index contributed by atoms with van der Waals surface area (Å²) in [7, 11) is 0. The molecule has 1 fully saturated rings. The van der Waals surface area contributed by atoms with Crippen LogP contribution in [0.15, 0.2) is 18.2 Å². The summed E-state index contributed by atoms with van der Waals surface area (Å²) < 4.78 is 0. The highest BCUT2D eigenvalue weighted by Gasteiger charge is 2.23. The predicted octanol–water partition coefficient (Wildman–Crippen LogP) is 0.586. The Bertz CT molecular complexity index is 485. The predicted molar refractivity (Wildman–Crippen MR) is 69.1 cm³/mol. The Hall–Kier alpha value is -2.04. The number of nitrogens with two attached hydrogens (primary N) is 1. The first-order valence-electron chi connectivity index (χ1n) is 6.02. The summed E-state index contributed by atoms with van der Waals surface area (Å²) in [6, 6.07) is 4.70. The number of benzene rings is 1. The van der Waals surface area contributed by atoms with E-state index < -0.39 is 6.04 Å². The van der Waals surface area contributed by atoms with Crippen molar-refractivity contribution in [3.05, 3.63) is 29.3 Å². The third-order valence-corrected chi connectivity index (χ3v) is 3.13. The van der Waals surface area contributed by atoms with Crippen molar-refractivity contribution < 1.29 is 9.59 Å². The lowest BCUT2D eigenvalue weighted by Gasteiger charge is -2.22. The molecule has 0 bridgehead atoms. The van der Waals surface area contributed by atoms with E-state index in [9.17, 15) is 9.59 Å². The molecule has 0 radical (unpaired) electrons. The molecule has 1 aromatic carbocycles. The SMILES string of the molecule is Cc1ccc(C(=O)NC2CCCNC2=O)cc1N. The summed E-state index contributed by atoms with van der Waals surface area (Å²) in [4.78, 5) is 23.5. The number of carbonyl (C=O) groups excluding carboxylic acids is 2. The molecule has 18 heavy (non-hydrogen) atoms. The second-order valence-corrected chi connectivity index (χ2v) is 4.53. The van der Waals surface area contributed by atoms with Gasteiger partial charge in [0.15, 0.2) is 0 Å². The highest BCUT2D eigenvalue weighted by atomic mass is 16.2. The zero-order valence-corrected chi connectivity index (χ0v) is 10.3. The van der Waals surface area contributed by atoms with Crippen LogP contribution in [0.3, 0.4) is 0 Å². The molecule has 1 atom stereocenters. The normalized spacial score (nSPS) is 19.2. The zero-order valence-electron chi connectivity index (χ0n) is 10.3. The molecule has 5 heteroatoms. The number of hydrogen-bond donors (Lipinski definition) is 3. The van der Waals surface area contributed by atoms with Gasteiger partial charge in [0.2, 0.25) is 5.91 Å². The average molecular weight is 247 g/mol. The van der Waals surface area contributed by atoms with Crippen molar-refractivity contribution in [3.8, 4) is 0 Å². The molecular formula is C13H17N3O2. The van der Waals surface area contributed by atoms with Crippen molar-refractivity contribution in [2.75, 3.05) is 12.3 Å². The maximum atomic E-state index is 12.0. The van der Waals surface area contributed by atoms with E-state index in [1.54, 1.807) is 18.2 Å². The topological polar surface area (TPSA) is 84.2 Å². The average Bonchev–Trinajstić information content (AvgIpc) is 2.35.